The van der Waals surface area contributed by atoms with Gasteiger partial charge in [0.05, 0.1) is 35.4 Å². The molecule has 188 valence electrons. The van der Waals surface area contributed by atoms with Crippen LogP contribution in [0.2, 0.25) is 0 Å². The van der Waals surface area contributed by atoms with E-state index in [1.807, 2.05) is 6.92 Å². The van der Waals surface area contributed by atoms with E-state index in [0.717, 1.165) is 4.31 Å². The first kappa shape index (κ1) is 26.2. The molecule has 0 aliphatic carbocycles. The van der Waals surface area contributed by atoms with Crippen LogP contribution >= 0.6 is 0 Å². The lowest BCUT2D eigenvalue weighted by Gasteiger charge is -2.23. The summed E-state index contributed by atoms with van der Waals surface area (Å²) in [5.74, 6) is -0.111. The highest BCUT2D eigenvalue weighted by Crippen LogP contribution is 2.27. The number of para-hydroxylation sites is 1. The molecule has 0 aliphatic heterocycles. The van der Waals surface area contributed by atoms with E-state index in [1.165, 1.54) is 55.8 Å². The fraction of sp³-hybridized carbons (Fsp3) is 0.167. The number of carbonyl (C=O) groups is 1. The van der Waals surface area contributed by atoms with Crippen LogP contribution < -0.4 is 19.2 Å². The molecule has 3 rings (SSSR count). The van der Waals surface area contributed by atoms with Crippen molar-refractivity contribution in [2.45, 2.75) is 11.8 Å². The summed E-state index contributed by atoms with van der Waals surface area (Å²) < 4.78 is 38.1. The number of ether oxygens (including phenoxy) is 2. The van der Waals surface area contributed by atoms with Gasteiger partial charge < -0.3 is 9.47 Å². The zero-order valence-corrected chi connectivity index (χ0v) is 20.3. The number of hydrogen-bond acceptors (Lipinski definition) is 8. The number of sulfonamides is 1. The lowest BCUT2D eigenvalue weighted by atomic mass is 10.2. The molecule has 0 heterocycles. The van der Waals surface area contributed by atoms with Crippen molar-refractivity contribution in [3.8, 4) is 11.5 Å². The van der Waals surface area contributed by atoms with Crippen molar-refractivity contribution in [2.75, 3.05) is 24.6 Å². The summed E-state index contributed by atoms with van der Waals surface area (Å²) in [6.07, 6.45) is 1.21. The topological polar surface area (TPSA) is 140 Å². The van der Waals surface area contributed by atoms with Gasteiger partial charge in [0.15, 0.2) is 5.75 Å². The number of nitro benzene ring substituents is 1. The summed E-state index contributed by atoms with van der Waals surface area (Å²) in [4.78, 5) is 23.2. The zero-order valence-electron chi connectivity index (χ0n) is 19.5. The van der Waals surface area contributed by atoms with Gasteiger partial charge in [-0.3, -0.25) is 19.2 Å². The lowest BCUT2D eigenvalue weighted by Crippen LogP contribution is -2.39. The van der Waals surface area contributed by atoms with Crippen molar-refractivity contribution >= 4 is 33.5 Å². The number of nitro groups is 1. The summed E-state index contributed by atoms with van der Waals surface area (Å²) in [5, 5.41) is 15.0. The molecule has 12 heteroatoms. The van der Waals surface area contributed by atoms with Gasteiger partial charge in [0.25, 0.3) is 15.9 Å². The SMILES string of the molecule is CCOc1ccc(S(=O)(=O)N(CC(=O)N/N=C\c2ccc(OC)c([N+](=O)[O-])c2)c2ccccc2)cc1. The van der Waals surface area contributed by atoms with Crippen LogP contribution in [0.5, 0.6) is 11.5 Å². The number of hydrogen-bond donors (Lipinski definition) is 1. The Balaban J connectivity index is 1.80. The van der Waals surface area contributed by atoms with Crippen molar-refractivity contribution in [3.63, 3.8) is 0 Å². The molecule has 0 radical (unpaired) electrons. The van der Waals surface area contributed by atoms with E-state index in [-0.39, 0.29) is 22.0 Å². The van der Waals surface area contributed by atoms with Gasteiger partial charge in [-0.05, 0) is 55.5 Å². The Morgan fingerprint density at radius 2 is 1.81 bits per heavy atom. The molecule has 0 fully saturated rings. The van der Waals surface area contributed by atoms with E-state index >= 15 is 0 Å². The average Bonchev–Trinajstić information content (AvgIpc) is 2.88. The second-order valence-corrected chi connectivity index (χ2v) is 9.10. The standard InChI is InChI=1S/C24H24N4O7S/c1-3-35-20-10-12-21(13-11-20)36(32,33)27(19-7-5-4-6-8-19)17-24(29)26-25-16-18-9-14-23(34-2)22(15-18)28(30)31/h4-16H,3,17H2,1-2H3,(H,26,29)/b25-16-. The quantitative estimate of drug-likeness (QED) is 0.236. The van der Waals surface area contributed by atoms with Crippen LogP contribution in [0.25, 0.3) is 0 Å². The van der Waals surface area contributed by atoms with Crippen LogP contribution in [0.3, 0.4) is 0 Å². The van der Waals surface area contributed by atoms with Crippen LogP contribution in [0.4, 0.5) is 11.4 Å². The molecule has 0 saturated carbocycles. The number of hydrazone groups is 1. The van der Waals surface area contributed by atoms with Crippen molar-refractivity contribution in [1.29, 1.82) is 0 Å². The molecule has 0 aromatic heterocycles. The Bertz CT molecular complexity index is 1340. The van der Waals surface area contributed by atoms with Crippen LogP contribution in [-0.4, -0.2) is 45.7 Å². The monoisotopic (exact) mass is 512 g/mol. The third kappa shape index (κ3) is 6.36. The number of amides is 1. The molecule has 1 amide bonds. The van der Waals surface area contributed by atoms with E-state index in [9.17, 15) is 23.3 Å². The third-order valence-corrected chi connectivity index (χ3v) is 6.64. The first-order valence-corrected chi connectivity index (χ1v) is 12.1. The number of nitrogens with zero attached hydrogens (tertiary/aromatic N) is 3. The second kappa shape index (κ2) is 11.8. The largest absolute Gasteiger partial charge is 0.494 e. The summed E-state index contributed by atoms with van der Waals surface area (Å²) >= 11 is 0. The highest BCUT2D eigenvalue weighted by molar-refractivity contribution is 7.92. The van der Waals surface area contributed by atoms with E-state index in [2.05, 4.69) is 10.5 Å². The fourth-order valence-corrected chi connectivity index (χ4v) is 4.61. The molecule has 0 unspecified atom stereocenters. The molecule has 0 aliphatic rings. The van der Waals surface area contributed by atoms with Crippen molar-refractivity contribution in [1.82, 2.24) is 5.43 Å². The third-order valence-electron chi connectivity index (χ3n) is 4.86. The first-order chi connectivity index (χ1) is 17.3. The van der Waals surface area contributed by atoms with E-state index in [1.54, 1.807) is 30.3 Å². The molecule has 1 N–H and O–H groups in total. The van der Waals surface area contributed by atoms with E-state index in [0.29, 0.717) is 17.9 Å². The molecule has 3 aromatic carbocycles. The van der Waals surface area contributed by atoms with E-state index < -0.39 is 27.4 Å². The van der Waals surface area contributed by atoms with Gasteiger partial charge >= 0.3 is 5.69 Å². The Morgan fingerprint density at radius 3 is 2.42 bits per heavy atom. The normalized spacial score (nSPS) is 11.2. The van der Waals surface area contributed by atoms with Crippen molar-refractivity contribution < 1.29 is 27.6 Å². The zero-order chi connectivity index (χ0) is 26.1. The minimum Gasteiger partial charge on any atom is -0.494 e. The van der Waals surface area contributed by atoms with Crippen LogP contribution in [0, 0.1) is 10.1 Å². The Labute approximate surface area is 208 Å². The van der Waals surface area contributed by atoms with Gasteiger partial charge in [-0.15, -0.1) is 0 Å². The van der Waals surface area contributed by atoms with E-state index in [4.69, 9.17) is 9.47 Å². The lowest BCUT2D eigenvalue weighted by molar-refractivity contribution is -0.385. The molecule has 0 spiro atoms. The van der Waals surface area contributed by atoms with Crippen LogP contribution in [-0.2, 0) is 14.8 Å². The molecule has 3 aromatic rings. The number of anilines is 1. The fourth-order valence-electron chi connectivity index (χ4n) is 3.19. The average molecular weight is 513 g/mol. The molecule has 0 bridgehead atoms. The summed E-state index contributed by atoms with van der Waals surface area (Å²) in [6.45, 7) is 1.70. The smallest absolute Gasteiger partial charge is 0.311 e. The molecular weight excluding hydrogens is 488 g/mol. The number of rotatable bonds is 11. The number of nitrogens with one attached hydrogen (secondary N) is 1. The number of carbonyl (C=O) groups excluding carboxylic acids is 1. The van der Waals surface area contributed by atoms with Gasteiger partial charge in [-0.1, -0.05) is 18.2 Å². The van der Waals surface area contributed by atoms with Crippen molar-refractivity contribution in [2.24, 2.45) is 5.10 Å². The van der Waals surface area contributed by atoms with Crippen LogP contribution in [0.15, 0.2) is 82.8 Å². The Morgan fingerprint density at radius 1 is 1.11 bits per heavy atom. The molecule has 0 atom stereocenters. The highest BCUT2D eigenvalue weighted by atomic mass is 32.2. The maximum Gasteiger partial charge on any atom is 0.311 e. The molecule has 36 heavy (non-hydrogen) atoms. The summed E-state index contributed by atoms with van der Waals surface area (Å²) in [6, 6.07) is 18.2. The summed E-state index contributed by atoms with van der Waals surface area (Å²) in [7, 11) is -2.79. The van der Waals surface area contributed by atoms with Crippen molar-refractivity contribution in [3.05, 3.63) is 88.5 Å². The van der Waals surface area contributed by atoms with Crippen LogP contribution in [0.1, 0.15) is 12.5 Å². The van der Waals surface area contributed by atoms with Gasteiger partial charge in [0, 0.05) is 11.6 Å². The molecule has 11 nitrogen and oxygen atoms in total. The first-order valence-electron chi connectivity index (χ1n) is 10.7. The van der Waals surface area contributed by atoms with Gasteiger partial charge in [-0.25, -0.2) is 13.8 Å². The molecule has 0 saturated heterocycles. The Hall–Kier alpha value is -4.45. The molecular formula is C24H24N4O7S. The second-order valence-electron chi connectivity index (χ2n) is 7.23. The number of methoxy groups -OCH3 is 1. The maximum atomic E-state index is 13.4. The summed E-state index contributed by atoms with van der Waals surface area (Å²) in [5.41, 5.74) is 2.63. The number of benzene rings is 3. The Kier molecular flexibility index (Phi) is 8.57. The predicted molar refractivity (Wildman–Crippen MR) is 134 cm³/mol. The minimum absolute atomic E-state index is 0.0170. The van der Waals surface area contributed by atoms with Gasteiger partial charge in [0.2, 0.25) is 0 Å². The van der Waals surface area contributed by atoms with Gasteiger partial charge in [0.1, 0.15) is 12.3 Å². The minimum atomic E-state index is -4.10. The highest BCUT2D eigenvalue weighted by Gasteiger charge is 2.27. The maximum absolute atomic E-state index is 13.4. The van der Waals surface area contributed by atoms with Gasteiger partial charge in [-0.2, -0.15) is 5.10 Å². The predicted octanol–water partition coefficient (Wildman–Crippen LogP) is 3.35.